The Bertz CT molecular complexity index is 622. The largest absolute Gasteiger partial charge is 0.388 e. The molecule has 124 valence electrons. The molecule has 0 aliphatic heterocycles. The molecule has 23 heavy (non-hydrogen) atoms. The summed E-state index contributed by atoms with van der Waals surface area (Å²) in [6, 6.07) is 11.8. The second-order valence-corrected chi connectivity index (χ2v) is 7.53. The smallest absolute Gasteiger partial charge is 0.252 e. The van der Waals surface area contributed by atoms with E-state index in [1.807, 2.05) is 44.2 Å². The number of hydrogen-bond donors (Lipinski definition) is 2. The van der Waals surface area contributed by atoms with E-state index >= 15 is 0 Å². The van der Waals surface area contributed by atoms with Crippen molar-refractivity contribution in [3.05, 3.63) is 52.2 Å². The van der Waals surface area contributed by atoms with E-state index in [0.29, 0.717) is 18.4 Å². The van der Waals surface area contributed by atoms with Crippen molar-refractivity contribution in [1.29, 1.82) is 0 Å². The Balaban J connectivity index is 2.02. The molecule has 1 heterocycles. The van der Waals surface area contributed by atoms with Gasteiger partial charge in [-0.15, -0.1) is 23.1 Å². The number of aliphatic hydroxyl groups is 1. The fraction of sp³-hybridized carbons (Fsp3) is 0.389. The average molecular weight is 350 g/mol. The van der Waals surface area contributed by atoms with Crippen LogP contribution in [0.3, 0.4) is 0 Å². The van der Waals surface area contributed by atoms with Gasteiger partial charge in [0.05, 0.1) is 11.2 Å². The Morgan fingerprint density at radius 1 is 1.22 bits per heavy atom. The summed E-state index contributed by atoms with van der Waals surface area (Å²) < 4.78 is 0. The lowest BCUT2D eigenvalue weighted by molar-refractivity contribution is 0.0313. The standard InChI is InChI=1S/C18H23NO2S2/c1-3-18(21,4-2)13-19-17(20)15-9-5-6-10-16(15)23-12-14-8-7-11-22-14/h5-11,21H,3-4,12-13H2,1-2H3,(H,19,20). The number of carbonyl (C=O) groups excluding carboxylic acids is 1. The van der Waals surface area contributed by atoms with Gasteiger partial charge in [0.15, 0.2) is 0 Å². The summed E-state index contributed by atoms with van der Waals surface area (Å²) in [6.07, 6.45) is 1.25. The van der Waals surface area contributed by atoms with Crippen molar-refractivity contribution < 1.29 is 9.90 Å². The summed E-state index contributed by atoms with van der Waals surface area (Å²) in [5.74, 6) is 0.732. The minimum atomic E-state index is -0.825. The maximum absolute atomic E-state index is 12.5. The van der Waals surface area contributed by atoms with Crippen LogP contribution in [0.5, 0.6) is 0 Å². The SMILES string of the molecule is CCC(O)(CC)CNC(=O)c1ccccc1SCc1cccs1. The van der Waals surface area contributed by atoms with Gasteiger partial charge in [0, 0.05) is 22.1 Å². The molecule has 0 saturated heterocycles. The highest BCUT2D eigenvalue weighted by molar-refractivity contribution is 7.98. The predicted octanol–water partition coefficient (Wildman–Crippen LogP) is 4.32. The van der Waals surface area contributed by atoms with Crippen LogP contribution in [-0.4, -0.2) is 23.2 Å². The zero-order valence-electron chi connectivity index (χ0n) is 13.5. The predicted molar refractivity (Wildman–Crippen MR) is 98.2 cm³/mol. The average Bonchev–Trinajstić information content (AvgIpc) is 3.11. The molecule has 0 aliphatic rings. The molecule has 0 radical (unpaired) electrons. The number of hydrogen-bond acceptors (Lipinski definition) is 4. The number of nitrogens with one attached hydrogen (secondary N) is 1. The summed E-state index contributed by atoms with van der Waals surface area (Å²) >= 11 is 3.39. The first kappa shape index (κ1) is 18.0. The number of thiophene rings is 1. The quantitative estimate of drug-likeness (QED) is 0.698. The molecule has 2 aromatic rings. The number of benzene rings is 1. The number of amides is 1. The van der Waals surface area contributed by atoms with Crippen LogP contribution in [0.1, 0.15) is 41.9 Å². The highest BCUT2D eigenvalue weighted by Crippen LogP contribution is 2.28. The van der Waals surface area contributed by atoms with Gasteiger partial charge in [-0.2, -0.15) is 0 Å². The topological polar surface area (TPSA) is 49.3 Å². The number of carbonyl (C=O) groups is 1. The van der Waals surface area contributed by atoms with E-state index in [4.69, 9.17) is 0 Å². The molecular formula is C18H23NO2S2. The van der Waals surface area contributed by atoms with E-state index in [1.54, 1.807) is 23.1 Å². The van der Waals surface area contributed by atoms with Crippen molar-refractivity contribution in [3.8, 4) is 0 Å². The molecule has 1 aromatic heterocycles. The van der Waals surface area contributed by atoms with Gasteiger partial charge in [-0.3, -0.25) is 4.79 Å². The third-order valence-electron chi connectivity index (χ3n) is 3.98. The lowest BCUT2D eigenvalue weighted by Crippen LogP contribution is -2.42. The number of thioether (sulfide) groups is 1. The maximum Gasteiger partial charge on any atom is 0.252 e. The van der Waals surface area contributed by atoms with Gasteiger partial charge in [0.2, 0.25) is 0 Å². The van der Waals surface area contributed by atoms with Crippen LogP contribution in [0, 0.1) is 0 Å². The molecule has 1 amide bonds. The van der Waals surface area contributed by atoms with Crippen molar-refractivity contribution in [1.82, 2.24) is 5.32 Å². The van der Waals surface area contributed by atoms with Crippen molar-refractivity contribution in [2.45, 2.75) is 42.9 Å². The minimum absolute atomic E-state index is 0.125. The maximum atomic E-state index is 12.5. The third-order valence-corrected chi connectivity index (χ3v) is 6.16. The Labute approximate surface area is 146 Å². The second-order valence-electron chi connectivity index (χ2n) is 5.48. The molecule has 0 bridgehead atoms. The van der Waals surface area contributed by atoms with Crippen LogP contribution in [0.15, 0.2) is 46.7 Å². The Morgan fingerprint density at radius 3 is 2.61 bits per heavy atom. The lowest BCUT2D eigenvalue weighted by Gasteiger charge is -2.25. The van der Waals surface area contributed by atoms with Crippen LogP contribution in [0.25, 0.3) is 0 Å². The molecule has 1 aromatic carbocycles. The molecule has 0 unspecified atom stereocenters. The molecule has 2 N–H and O–H groups in total. The van der Waals surface area contributed by atoms with E-state index < -0.39 is 5.60 Å². The van der Waals surface area contributed by atoms with Crippen LogP contribution in [0.4, 0.5) is 0 Å². The van der Waals surface area contributed by atoms with E-state index in [-0.39, 0.29) is 12.5 Å². The van der Waals surface area contributed by atoms with Crippen molar-refractivity contribution >= 4 is 29.0 Å². The highest BCUT2D eigenvalue weighted by atomic mass is 32.2. The normalized spacial score (nSPS) is 11.4. The lowest BCUT2D eigenvalue weighted by atomic mass is 9.97. The summed E-state index contributed by atoms with van der Waals surface area (Å²) in [5.41, 5.74) is -0.155. The summed E-state index contributed by atoms with van der Waals surface area (Å²) in [5, 5.41) is 15.2. The fourth-order valence-electron chi connectivity index (χ4n) is 2.16. The summed E-state index contributed by atoms with van der Waals surface area (Å²) in [4.78, 5) is 14.7. The first-order valence-corrected chi connectivity index (χ1v) is 9.69. The van der Waals surface area contributed by atoms with E-state index in [1.165, 1.54) is 4.88 Å². The van der Waals surface area contributed by atoms with Crippen LogP contribution < -0.4 is 5.32 Å². The van der Waals surface area contributed by atoms with Gasteiger partial charge in [-0.1, -0.05) is 32.0 Å². The zero-order chi connectivity index (χ0) is 16.7. The third kappa shape index (κ3) is 5.09. The van der Waals surface area contributed by atoms with Gasteiger partial charge in [-0.25, -0.2) is 0 Å². The highest BCUT2D eigenvalue weighted by Gasteiger charge is 2.23. The van der Waals surface area contributed by atoms with Crippen molar-refractivity contribution in [3.63, 3.8) is 0 Å². The van der Waals surface area contributed by atoms with E-state index in [0.717, 1.165) is 10.6 Å². The molecule has 0 aliphatic carbocycles. The van der Waals surface area contributed by atoms with Crippen LogP contribution in [0.2, 0.25) is 0 Å². The molecule has 5 heteroatoms. The van der Waals surface area contributed by atoms with E-state index in [2.05, 4.69) is 16.8 Å². The monoisotopic (exact) mass is 349 g/mol. The van der Waals surface area contributed by atoms with Crippen molar-refractivity contribution in [2.24, 2.45) is 0 Å². The second kappa shape index (κ2) is 8.52. The fourth-order valence-corrected chi connectivity index (χ4v) is 3.99. The molecule has 0 fully saturated rings. The molecule has 3 nitrogen and oxygen atoms in total. The van der Waals surface area contributed by atoms with Gasteiger partial charge < -0.3 is 10.4 Å². The van der Waals surface area contributed by atoms with Crippen molar-refractivity contribution in [2.75, 3.05) is 6.54 Å². The van der Waals surface area contributed by atoms with Gasteiger partial charge in [0.25, 0.3) is 5.91 Å². The Kier molecular flexibility index (Phi) is 6.69. The number of rotatable bonds is 8. The van der Waals surface area contributed by atoms with Crippen LogP contribution in [-0.2, 0) is 5.75 Å². The zero-order valence-corrected chi connectivity index (χ0v) is 15.2. The summed E-state index contributed by atoms with van der Waals surface area (Å²) in [7, 11) is 0. The first-order valence-electron chi connectivity index (χ1n) is 7.83. The molecule has 2 rings (SSSR count). The van der Waals surface area contributed by atoms with E-state index in [9.17, 15) is 9.90 Å². The molecular weight excluding hydrogens is 326 g/mol. The van der Waals surface area contributed by atoms with Gasteiger partial charge in [-0.05, 0) is 36.4 Å². The Morgan fingerprint density at radius 2 is 1.96 bits per heavy atom. The van der Waals surface area contributed by atoms with Gasteiger partial charge in [0.1, 0.15) is 0 Å². The summed E-state index contributed by atoms with van der Waals surface area (Å²) in [6.45, 7) is 4.14. The Hall–Kier alpha value is -1.30. The minimum Gasteiger partial charge on any atom is -0.388 e. The first-order chi connectivity index (χ1) is 11.1. The van der Waals surface area contributed by atoms with Gasteiger partial charge >= 0.3 is 0 Å². The molecule has 0 saturated carbocycles. The van der Waals surface area contributed by atoms with Crippen LogP contribution >= 0.6 is 23.1 Å². The molecule has 0 spiro atoms. The molecule has 0 atom stereocenters.